The summed E-state index contributed by atoms with van der Waals surface area (Å²) in [7, 11) is 0. The van der Waals surface area contributed by atoms with Gasteiger partial charge in [-0.25, -0.2) is 9.78 Å². The second kappa shape index (κ2) is 6.76. The Balaban J connectivity index is 1.95. The van der Waals surface area contributed by atoms with Gasteiger partial charge in [-0.3, -0.25) is 0 Å². The van der Waals surface area contributed by atoms with Crippen molar-refractivity contribution in [2.75, 3.05) is 18.4 Å². The maximum atomic E-state index is 12.1. The molecule has 1 aliphatic heterocycles. The van der Waals surface area contributed by atoms with E-state index in [9.17, 15) is 4.79 Å². The lowest BCUT2D eigenvalue weighted by Crippen LogP contribution is -2.47. The average molecular weight is 372 g/mol. The number of halogens is 1. The van der Waals surface area contributed by atoms with Gasteiger partial charge >= 0.3 is 6.09 Å². The zero-order valence-electron chi connectivity index (χ0n) is 13.4. The summed E-state index contributed by atoms with van der Waals surface area (Å²) in [6.45, 7) is 8.76. The standard InChI is InChI=1S/C14H22BrN5O2/c1-9-11(15)18-19-12(16-9)17-10-6-5-7-20(8-10)13(21)22-14(2,3)4/h10H,5-8H2,1-4H3,(H,16,17,19). The van der Waals surface area contributed by atoms with Gasteiger partial charge < -0.3 is 15.0 Å². The van der Waals surface area contributed by atoms with E-state index in [0.717, 1.165) is 18.5 Å². The number of piperidine rings is 1. The molecule has 1 saturated heterocycles. The van der Waals surface area contributed by atoms with Gasteiger partial charge in [0.15, 0.2) is 0 Å². The smallest absolute Gasteiger partial charge is 0.410 e. The number of carbonyl (C=O) groups excluding carboxylic acids is 1. The number of likely N-dealkylation sites (tertiary alicyclic amines) is 1. The summed E-state index contributed by atoms with van der Waals surface area (Å²) in [4.78, 5) is 18.2. The molecule has 22 heavy (non-hydrogen) atoms. The quantitative estimate of drug-likeness (QED) is 0.860. The first-order chi connectivity index (χ1) is 10.2. The van der Waals surface area contributed by atoms with Crippen molar-refractivity contribution in [2.45, 2.75) is 52.2 Å². The van der Waals surface area contributed by atoms with Crippen LogP contribution in [0.5, 0.6) is 0 Å². The first-order valence-corrected chi connectivity index (χ1v) is 8.15. The minimum absolute atomic E-state index is 0.101. The maximum absolute atomic E-state index is 12.1. The summed E-state index contributed by atoms with van der Waals surface area (Å²) in [6, 6.07) is 0.101. The number of rotatable bonds is 2. The van der Waals surface area contributed by atoms with Crippen LogP contribution >= 0.6 is 15.9 Å². The fourth-order valence-corrected chi connectivity index (χ4v) is 2.39. The number of nitrogens with one attached hydrogen (secondary N) is 1. The number of aromatic nitrogens is 3. The lowest BCUT2D eigenvalue weighted by molar-refractivity contribution is 0.0206. The van der Waals surface area contributed by atoms with Crippen molar-refractivity contribution >= 4 is 28.0 Å². The number of nitrogens with zero attached hydrogens (tertiary/aromatic N) is 4. The zero-order valence-corrected chi connectivity index (χ0v) is 15.0. The minimum Gasteiger partial charge on any atom is -0.444 e. The number of anilines is 1. The lowest BCUT2D eigenvalue weighted by atomic mass is 10.1. The maximum Gasteiger partial charge on any atom is 0.410 e. The summed E-state index contributed by atoms with van der Waals surface area (Å²) in [5, 5.41) is 11.2. The van der Waals surface area contributed by atoms with Crippen molar-refractivity contribution in [1.29, 1.82) is 0 Å². The van der Waals surface area contributed by atoms with Gasteiger partial charge in [0, 0.05) is 19.1 Å². The van der Waals surface area contributed by atoms with Gasteiger partial charge in [-0.05, 0) is 56.5 Å². The van der Waals surface area contributed by atoms with Crippen LogP contribution in [-0.2, 0) is 4.74 Å². The van der Waals surface area contributed by atoms with E-state index in [1.807, 2.05) is 27.7 Å². The van der Waals surface area contributed by atoms with E-state index in [2.05, 4.69) is 36.4 Å². The second-order valence-corrected chi connectivity index (χ2v) is 7.17. The Morgan fingerprint density at radius 2 is 2.14 bits per heavy atom. The van der Waals surface area contributed by atoms with E-state index in [1.165, 1.54) is 0 Å². The summed E-state index contributed by atoms with van der Waals surface area (Å²) in [5.74, 6) is 0.483. The fourth-order valence-electron chi connectivity index (χ4n) is 2.22. The van der Waals surface area contributed by atoms with Crippen molar-refractivity contribution in [3.8, 4) is 0 Å². The number of aryl methyl sites for hydroxylation is 1. The van der Waals surface area contributed by atoms with E-state index in [0.29, 0.717) is 23.6 Å². The Morgan fingerprint density at radius 3 is 2.77 bits per heavy atom. The van der Waals surface area contributed by atoms with E-state index in [1.54, 1.807) is 4.90 Å². The topological polar surface area (TPSA) is 80.2 Å². The summed E-state index contributed by atoms with van der Waals surface area (Å²) in [6.07, 6.45) is 1.60. The Bertz CT molecular complexity index is 547. The number of hydrogen-bond acceptors (Lipinski definition) is 6. The predicted octanol–water partition coefficient (Wildman–Crippen LogP) is 2.75. The van der Waals surface area contributed by atoms with Crippen LogP contribution in [0.4, 0.5) is 10.7 Å². The molecule has 7 nitrogen and oxygen atoms in total. The molecule has 0 spiro atoms. The van der Waals surface area contributed by atoms with Crippen LogP contribution in [0.3, 0.4) is 0 Å². The number of carbonyl (C=O) groups is 1. The van der Waals surface area contributed by atoms with Gasteiger partial charge in [0.2, 0.25) is 5.95 Å². The van der Waals surface area contributed by atoms with Crippen molar-refractivity contribution in [3.63, 3.8) is 0 Å². The zero-order chi connectivity index (χ0) is 16.3. The van der Waals surface area contributed by atoms with E-state index in [4.69, 9.17) is 4.74 Å². The van der Waals surface area contributed by atoms with Crippen molar-refractivity contribution in [3.05, 3.63) is 10.3 Å². The highest BCUT2D eigenvalue weighted by Gasteiger charge is 2.28. The first kappa shape index (κ1) is 16.9. The van der Waals surface area contributed by atoms with Gasteiger partial charge in [-0.1, -0.05) is 0 Å². The molecule has 1 amide bonds. The third kappa shape index (κ3) is 4.79. The number of ether oxygens (including phenoxy) is 1. The molecule has 122 valence electrons. The molecule has 0 aromatic carbocycles. The van der Waals surface area contributed by atoms with Crippen LogP contribution < -0.4 is 5.32 Å². The second-order valence-electron chi connectivity index (χ2n) is 6.42. The molecule has 1 aromatic heterocycles. The monoisotopic (exact) mass is 371 g/mol. The highest BCUT2D eigenvalue weighted by molar-refractivity contribution is 9.10. The third-order valence-corrected chi connectivity index (χ3v) is 3.94. The molecule has 2 heterocycles. The number of amides is 1. The molecule has 1 unspecified atom stereocenters. The molecular weight excluding hydrogens is 350 g/mol. The van der Waals surface area contributed by atoms with Crippen LogP contribution in [0.15, 0.2) is 4.60 Å². The summed E-state index contributed by atoms with van der Waals surface area (Å²) >= 11 is 3.28. The van der Waals surface area contributed by atoms with Gasteiger partial charge in [0.05, 0.1) is 5.69 Å². The lowest BCUT2D eigenvalue weighted by Gasteiger charge is -2.34. The molecule has 2 rings (SSSR count). The van der Waals surface area contributed by atoms with Crippen LogP contribution in [-0.4, -0.2) is 50.9 Å². The van der Waals surface area contributed by atoms with Crippen LogP contribution in [0.2, 0.25) is 0 Å². The van der Waals surface area contributed by atoms with Gasteiger partial charge in [-0.15, -0.1) is 10.2 Å². The Labute approximate surface area is 139 Å². The fraction of sp³-hybridized carbons (Fsp3) is 0.714. The van der Waals surface area contributed by atoms with Gasteiger partial charge in [0.25, 0.3) is 0 Å². The summed E-state index contributed by atoms with van der Waals surface area (Å²) < 4.78 is 6.06. The Hall–Kier alpha value is -1.44. The first-order valence-electron chi connectivity index (χ1n) is 7.36. The Kier molecular flexibility index (Phi) is 5.20. The molecule has 8 heteroatoms. The molecule has 1 aliphatic rings. The Morgan fingerprint density at radius 1 is 1.41 bits per heavy atom. The minimum atomic E-state index is -0.479. The molecule has 1 atom stereocenters. The molecule has 0 aliphatic carbocycles. The molecule has 0 saturated carbocycles. The van der Waals surface area contributed by atoms with Gasteiger partial charge in [-0.2, -0.15) is 0 Å². The molecule has 0 radical (unpaired) electrons. The molecule has 1 fully saturated rings. The van der Waals surface area contributed by atoms with Crippen LogP contribution in [0.25, 0.3) is 0 Å². The van der Waals surface area contributed by atoms with Gasteiger partial charge in [0.1, 0.15) is 10.2 Å². The van der Waals surface area contributed by atoms with E-state index < -0.39 is 5.60 Å². The van der Waals surface area contributed by atoms with Crippen LogP contribution in [0, 0.1) is 6.92 Å². The normalized spacial score (nSPS) is 19.0. The number of hydrogen-bond donors (Lipinski definition) is 1. The molecule has 0 bridgehead atoms. The van der Waals surface area contributed by atoms with Crippen molar-refractivity contribution < 1.29 is 9.53 Å². The van der Waals surface area contributed by atoms with E-state index in [-0.39, 0.29) is 12.1 Å². The van der Waals surface area contributed by atoms with E-state index >= 15 is 0 Å². The SMILES string of the molecule is Cc1nc(NC2CCCN(C(=O)OC(C)(C)C)C2)nnc1Br. The highest BCUT2D eigenvalue weighted by atomic mass is 79.9. The average Bonchev–Trinajstić information content (AvgIpc) is 2.41. The highest BCUT2D eigenvalue weighted by Crippen LogP contribution is 2.18. The molecular formula is C14H22BrN5O2. The van der Waals surface area contributed by atoms with Crippen molar-refractivity contribution in [1.82, 2.24) is 20.1 Å². The summed E-state index contributed by atoms with van der Waals surface area (Å²) in [5.41, 5.74) is 0.296. The predicted molar refractivity (Wildman–Crippen MR) is 86.7 cm³/mol. The van der Waals surface area contributed by atoms with Crippen molar-refractivity contribution in [2.24, 2.45) is 0 Å². The largest absolute Gasteiger partial charge is 0.444 e. The van der Waals surface area contributed by atoms with Crippen LogP contribution in [0.1, 0.15) is 39.3 Å². The third-order valence-electron chi connectivity index (χ3n) is 3.21. The molecule has 1 aromatic rings. The molecule has 1 N–H and O–H groups in total.